The number of nitrogens with zero attached hydrogens (tertiary/aromatic N) is 2. The Labute approximate surface area is 179 Å². The van der Waals surface area contributed by atoms with Gasteiger partial charge in [0.05, 0.1) is 16.9 Å². The summed E-state index contributed by atoms with van der Waals surface area (Å²) in [7, 11) is 0. The number of amides is 2. The average molecular weight is 418 g/mol. The first-order valence-electron chi connectivity index (χ1n) is 10.2. The molecule has 0 bridgehead atoms. The van der Waals surface area contributed by atoms with Gasteiger partial charge in [0.25, 0.3) is 11.8 Å². The minimum absolute atomic E-state index is 0.297. The molecular weight excluding hydrogens is 395 g/mol. The van der Waals surface area contributed by atoms with Crippen LogP contribution in [0.3, 0.4) is 0 Å². The fourth-order valence-electron chi connectivity index (χ4n) is 3.81. The molecule has 0 spiro atoms. The van der Waals surface area contributed by atoms with Crippen LogP contribution < -0.4 is 10.6 Å². The van der Waals surface area contributed by atoms with E-state index in [1.165, 1.54) is 12.1 Å². The Balaban J connectivity index is 1.67. The second kappa shape index (κ2) is 8.95. The summed E-state index contributed by atoms with van der Waals surface area (Å²) in [5.41, 5.74) is 3.70. The molecule has 2 N–H and O–H groups in total. The number of nitrogens with one attached hydrogen (secondary N) is 2. The van der Waals surface area contributed by atoms with Gasteiger partial charge in [-0.2, -0.15) is 5.10 Å². The predicted molar refractivity (Wildman–Crippen MR) is 117 cm³/mol. The number of anilines is 1. The van der Waals surface area contributed by atoms with Crippen LogP contribution in [0.25, 0.3) is 5.69 Å². The molecule has 31 heavy (non-hydrogen) atoms. The van der Waals surface area contributed by atoms with Crippen molar-refractivity contribution >= 4 is 17.5 Å². The normalized spacial score (nSPS) is 12.7. The number of para-hydroxylation sites is 1. The molecule has 1 aliphatic rings. The summed E-state index contributed by atoms with van der Waals surface area (Å²) < 4.78 is 15.1. The van der Waals surface area contributed by atoms with Crippen LogP contribution in [-0.2, 0) is 12.8 Å². The highest BCUT2D eigenvalue weighted by atomic mass is 19.1. The molecule has 0 aliphatic heterocycles. The number of aromatic nitrogens is 2. The van der Waals surface area contributed by atoms with Crippen molar-refractivity contribution in [2.75, 3.05) is 11.9 Å². The molecule has 1 aliphatic carbocycles. The van der Waals surface area contributed by atoms with Crippen molar-refractivity contribution in [1.29, 1.82) is 0 Å². The molecule has 0 radical (unpaired) electrons. The topological polar surface area (TPSA) is 76.0 Å². The van der Waals surface area contributed by atoms with E-state index in [1.807, 2.05) is 0 Å². The lowest BCUT2D eigenvalue weighted by molar-refractivity contribution is 0.0959. The van der Waals surface area contributed by atoms with E-state index in [1.54, 1.807) is 47.2 Å². The number of benzene rings is 2. The van der Waals surface area contributed by atoms with Gasteiger partial charge in [-0.1, -0.05) is 18.2 Å². The van der Waals surface area contributed by atoms with E-state index >= 15 is 0 Å². The number of carbonyl (C=O) groups is 2. The molecule has 6 nitrogen and oxygen atoms in total. The van der Waals surface area contributed by atoms with Crippen LogP contribution in [0.4, 0.5) is 10.1 Å². The van der Waals surface area contributed by atoms with Crippen molar-refractivity contribution in [2.24, 2.45) is 0 Å². The van der Waals surface area contributed by atoms with E-state index < -0.39 is 0 Å². The highest BCUT2D eigenvalue weighted by Crippen LogP contribution is 2.28. The zero-order valence-electron chi connectivity index (χ0n) is 17.0. The first-order valence-corrected chi connectivity index (χ1v) is 10.2. The third-order valence-electron chi connectivity index (χ3n) is 5.29. The molecule has 3 aromatic rings. The van der Waals surface area contributed by atoms with Crippen molar-refractivity contribution in [2.45, 2.75) is 25.7 Å². The number of fused-ring (bicyclic) bond motifs is 1. The van der Waals surface area contributed by atoms with Gasteiger partial charge in [0.1, 0.15) is 5.82 Å². The number of hydrogen-bond acceptors (Lipinski definition) is 3. The largest absolute Gasteiger partial charge is 0.349 e. The lowest BCUT2D eigenvalue weighted by Gasteiger charge is -2.14. The summed E-state index contributed by atoms with van der Waals surface area (Å²) in [6, 6.07) is 12.9. The molecule has 0 unspecified atom stereocenters. The number of hydrogen-bond donors (Lipinski definition) is 2. The Hall–Kier alpha value is -3.74. The quantitative estimate of drug-likeness (QED) is 0.593. The minimum atomic E-state index is -0.372. The fraction of sp³-hybridized carbons (Fsp3) is 0.208. The number of rotatable bonds is 6. The van der Waals surface area contributed by atoms with Gasteiger partial charge in [0.2, 0.25) is 0 Å². The first-order chi connectivity index (χ1) is 15.1. The molecular formula is C24H23FN4O2. The molecule has 0 fully saturated rings. The Kier molecular flexibility index (Phi) is 5.93. The maximum Gasteiger partial charge on any atom is 0.276 e. The van der Waals surface area contributed by atoms with Crippen LogP contribution in [0.15, 0.2) is 61.2 Å². The van der Waals surface area contributed by atoms with Gasteiger partial charge in [-0.3, -0.25) is 9.59 Å². The maximum absolute atomic E-state index is 13.4. The minimum Gasteiger partial charge on any atom is -0.349 e. The second-order valence-corrected chi connectivity index (χ2v) is 7.37. The van der Waals surface area contributed by atoms with E-state index in [2.05, 4.69) is 22.3 Å². The molecule has 0 atom stereocenters. The molecule has 7 heteroatoms. The number of carbonyl (C=O) groups excluding carboxylic acids is 2. The van der Waals surface area contributed by atoms with Crippen LogP contribution in [0.1, 0.15) is 44.9 Å². The van der Waals surface area contributed by atoms with Crippen LogP contribution in [0.2, 0.25) is 0 Å². The number of halogens is 1. The molecule has 158 valence electrons. The second-order valence-electron chi connectivity index (χ2n) is 7.37. The van der Waals surface area contributed by atoms with E-state index in [9.17, 15) is 14.0 Å². The summed E-state index contributed by atoms with van der Waals surface area (Å²) in [6.45, 7) is 3.92. The third-order valence-corrected chi connectivity index (χ3v) is 5.29. The zero-order valence-corrected chi connectivity index (χ0v) is 17.0. The third kappa shape index (κ3) is 4.26. The summed E-state index contributed by atoms with van der Waals surface area (Å²) >= 11 is 0. The van der Waals surface area contributed by atoms with Gasteiger partial charge in [-0.15, -0.1) is 6.58 Å². The van der Waals surface area contributed by atoms with E-state index in [0.29, 0.717) is 29.2 Å². The Morgan fingerprint density at radius 3 is 2.58 bits per heavy atom. The van der Waals surface area contributed by atoms with Crippen molar-refractivity contribution in [3.8, 4) is 5.69 Å². The first kappa shape index (κ1) is 20.5. The molecule has 0 saturated heterocycles. The summed E-state index contributed by atoms with van der Waals surface area (Å²) in [6.07, 6.45) is 5.12. The maximum atomic E-state index is 13.4. The average Bonchev–Trinajstić information content (AvgIpc) is 3.18. The lowest BCUT2D eigenvalue weighted by Crippen LogP contribution is -2.25. The SMILES string of the molecule is C=CCNC(=O)c1ccccc1NC(=O)c1nn(-c2ccc(F)cc2)c2c1CCCC2. The smallest absolute Gasteiger partial charge is 0.276 e. The lowest BCUT2D eigenvalue weighted by atomic mass is 9.95. The summed E-state index contributed by atoms with van der Waals surface area (Å²) in [4.78, 5) is 25.6. The molecule has 0 saturated carbocycles. The molecule has 1 aromatic heterocycles. The van der Waals surface area contributed by atoms with Gasteiger partial charge in [-0.05, 0) is 62.1 Å². The molecule has 2 aromatic carbocycles. The van der Waals surface area contributed by atoms with Crippen molar-refractivity contribution in [1.82, 2.24) is 15.1 Å². The summed E-state index contributed by atoms with van der Waals surface area (Å²) in [5.74, 6) is -0.994. The van der Waals surface area contributed by atoms with Gasteiger partial charge in [0.15, 0.2) is 5.69 Å². The van der Waals surface area contributed by atoms with Crippen molar-refractivity contribution in [3.05, 3.63) is 89.5 Å². The zero-order chi connectivity index (χ0) is 21.8. The van der Waals surface area contributed by atoms with Crippen LogP contribution in [0.5, 0.6) is 0 Å². The standard InChI is InChI=1S/C24H23FN4O2/c1-2-15-26-23(30)18-7-3-5-9-20(18)27-24(31)22-19-8-4-6-10-21(19)29(28-22)17-13-11-16(25)12-14-17/h2-3,5,7,9,11-14H,1,4,6,8,10,15H2,(H,26,30)(H,27,31). The van der Waals surface area contributed by atoms with Gasteiger partial charge < -0.3 is 10.6 Å². The Bertz CT molecular complexity index is 1130. The van der Waals surface area contributed by atoms with Crippen LogP contribution >= 0.6 is 0 Å². The molecule has 2 amide bonds. The molecule has 1 heterocycles. The van der Waals surface area contributed by atoms with Crippen LogP contribution in [0, 0.1) is 5.82 Å². The Morgan fingerprint density at radius 1 is 1.06 bits per heavy atom. The monoisotopic (exact) mass is 418 g/mol. The van der Waals surface area contributed by atoms with Crippen molar-refractivity contribution < 1.29 is 14.0 Å². The van der Waals surface area contributed by atoms with E-state index in [-0.39, 0.29) is 17.6 Å². The highest BCUT2D eigenvalue weighted by Gasteiger charge is 2.26. The van der Waals surface area contributed by atoms with Gasteiger partial charge in [0, 0.05) is 17.8 Å². The van der Waals surface area contributed by atoms with Gasteiger partial charge >= 0.3 is 0 Å². The Morgan fingerprint density at radius 2 is 1.81 bits per heavy atom. The molecule has 4 rings (SSSR count). The van der Waals surface area contributed by atoms with Crippen LogP contribution in [-0.4, -0.2) is 28.1 Å². The van der Waals surface area contributed by atoms with Crippen molar-refractivity contribution in [3.63, 3.8) is 0 Å². The van der Waals surface area contributed by atoms with Gasteiger partial charge in [-0.25, -0.2) is 9.07 Å². The van der Waals surface area contributed by atoms with E-state index in [4.69, 9.17) is 0 Å². The highest BCUT2D eigenvalue weighted by molar-refractivity contribution is 6.09. The summed E-state index contributed by atoms with van der Waals surface area (Å²) in [5, 5.41) is 10.2. The predicted octanol–water partition coefficient (Wildman–Crippen LogP) is 4.06. The fourth-order valence-corrected chi connectivity index (χ4v) is 3.81. The van der Waals surface area contributed by atoms with E-state index in [0.717, 1.165) is 36.9 Å².